The van der Waals surface area contributed by atoms with Gasteiger partial charge in [-0.2, -0.15) is 0 Å². The summed E-state index contributed by atoms with van der Waals surface area (Å²) in [6.45, 7) is 5.30. The van der Waals surface area contributed by atoms with Crippen LogP contribution < -0.4 is 5.32 Å². The molecule has 0 unspecified atom stereocenters. The number of unbranched alkanes of at least 4 members (excludes halogenated alkanes) is 1. The van der Waals surface area contributed by atoms with Crippen molar-refractivity contribution >= 4 is 5.91 Å². The second-order valence-corrected chi connectivity index (χ2v) is 7.46. The zero-order valence-corrected chi connectivity index (χ0v) is 18.2. The number of amides is 1. The van der Waals surface area contributed by atoms with E-state index in [2.05, 4.69) is 67.2 Å². The first-order valence-electron chi connectivity index (χ1n) is 10.8. The molecule has 0 saturated heterocycles. The summed E-state index contributed by atoms with van der Waals surface area (Å²) in [5, 5.41) is 21.5. The lowest BCUT2D eigenvalue weighted by molar-refractivity contribution is 0.0945. The van der Waals surface area contributed by atoms with Crippen LogP contribution in [0.2, 0.25) is 0 Å². The number of rotatable bonds is 9. The van der Waals surface area contributed by atoms with E-state index in [-0.39, 0.29) is 11.7 Å². The standard InChI is InChI=1S/C23H26N8O/c1-3-5-14-31-20(25-22(28-31)23(32)24-4-2)15-16-10-12-17(13-11-16)18-8-6-7-9-19(18)21-26-29-30-27-21/h6-13H,3-5,14-15H2,1-2H3,(H,24,32)(H,26,27,29,30). The van der Waals surface area contributed by atoms with Crippen LogP contribution in [0.1, 0.15) is 48.7 Å². The van der Waals surface area contributed by atoms with Crippen LogP contribution in [0, 0.1) is 0 Å². The second kappa shape index (κ2) is 9.95. The number of aromatic nitrogens is 7. The first-order valence-corrected chi connectivity index (χ1v) is 10.8. The van der Waals surface area contributed by atoms with Crippen molar-refractivity contribution in [1.29, 1.82) is 0 Å². The van der Waals surface area contributed by atoms with Gasteiger partial charge in [0.2, 0.25) is 5.82 Å². The second-order valence-electron chi connectivity index (χ2n) is 7.46. The highest BCUT2D eigenvalue weighted by atomic mass is 16.2. The average molecular weight is 431 g/mol. The summed E-state index contributed by atoms with van der Waals surface area (Å²) in [7, 11) is 0. The number of H-pyrrole nitrogens is 1. The van der Waals surface area contributed by atoms with Gasteiger partial charge in [-0.3, -0.25) is 4.79 Å². The third-order valence-corrected chi connectivity index (χ3v) is 5.17. The third kappa shape index (κ3) is 4.72. The van der Waals surface area contributed by atoms with E-state index in [1.165, 1.54) is 0 Å². The van der Waals surface area contributed by atoms with Crippen LogP contribution in [0.4, 0.5) is 0 Å². The number of aromatic amines is 1. The van der Waals surface area contributed by atoms with E-state index >= 15 is 0 Å². The largest absolute Gasteiger partial charge is 0.350 e. The highest BCUT2D eigenvalue weighted by molar-refractivity contribution is 5.90. The van der Waals surface area contributed by atoms with Gasteiger partial charge in [0.1, 0.15) is 5.82 Å². The molecule has 1 amide bonds. The minimum atomic E-state index is -0.238. The summed E-state index contributed by atoms with van der Waals surface area (Å²) < 4.78 is 1.86. The Kier molecular flexibility index (Phi) is 6.64. The Bertz CT molecular complexity index is 1170. The van der Waals surface area contributed by atoms with Gasteiger partial charge in [-0.15, -0.1) is 10.2 Å². The van der Waals surface area contributed by atoms with Crippen molar-refractivity contribution in [2.24, 2.45) is 0 Å². The predicted octanol–water partition coefficient (Wildman–Crippen LogP) is 3.27. The molecule has 0 aliphatic rings. The van der Waals surface area contributed by atoms with Crippen LogP contribution in [0.5, 0.6) is 0 Å². The Labute approximate surface area is 186 Å². The number of hydrogen-bond acceptors (Lipinski definition) is 6. The molecule has 164 valence electrons. The fourth-order valence-corrected chi connectivity index (χ4v) is 3.53. The fourth-order valence-electron chi connectivity index (χ4n) is 3.53. The number of benzene rings is 2. The van der Waals surface area contributed by atoms with E-state index in [0.29, 0.717) is 18.8 Å². The van der Waals surface area contributed by atoms with Crippen LogP contribution >= 0.6 is 0 Å². The summed E-state index contributed by atoms with van der Waals surface area (Å²) in [6.07, 6.45) is 2.63. The van der Waals surface area contributed by atoms with Gasteiger partial charge in [0, 0.05) is 25.1 Å². The van der Waals surface area contributed by atoms with E-state index in [1.807, 2.05) is 35.9 Å². The third-order valence-electron chi connectivity index (χ3n) is 5.17. The Balaban J connectivity index is 1.58. The molecule has 0 spiro atoms. The number of carbonyl (C=O) groups is 1. The first-order chi connectivity index (χ1) is 15.7. The summed E-state index contributed by atoms with van der Waals surface area (Å²) >= 11 is 0. The SMILES string of the molecule is CCCCn1nc(C(=O)NCC)nc1Cc1ccc(-c2ccccc2-c2nnn[nH]2)cc1. The zero-order chi connectivity index (χ0) is 22.3. The highest BCUT2D eigenvalue weighted by Crippen LogP contribution is 2.29. The Morgan fingerprint density at radius 1 is 1.06 bits per heavy atom. The van der Waals surface area contributed by atoms with Crippen LogP contribution in [0.25, 0.3) is 22.5 Å². The van der Waals surface area contributed by atoms with Gasteiger partial charge >= 0.3 is 0 Å². The molecular formula is C23H26N8O. The zero-order valence-electron chi connectivity index (χ0n) is 18.2. The van der Waals surface area contributed by atoms with Crippen LogP contribution in [0.15, 0.2) is 48.5 Å². The Morgan fingerprint density at radius 3 is 2.53 bits per heavy atom. The summed E-state index contributed by atoms with van der Waals surface area (Å²) in [6, 6.07) is 16.3. The maximum absolute atomic E-state index is 12.2. The van der Waals surface area contributed by atoms with Crippen molar-refractivity contribution in [2.75, 3.05) is 6.54 Å². The molecule has 0 aliphatic heterocycles. The number of nitrogens with one attached hydrogen (secondary N) is 2. The average Bonchev–Trinajstić information content (AvgIpc) is 3.49. The normalized spacial score (nSPS) is 10.9. The van der Waals surface area contributed by atoms with Gasteiger partial charge in [0.25, 0.3) is 5.91 Å². The van der Waals surface area contributed by atoms with Crippen molar-refractivity contribution in [2.45, 2.75) is 39.7 Å². The molecule has 0 fully saturated rings. The van der Waals surface area contributed by atoms with Gasteiger partial charge in [0.15, 0.2) is 5.82 Å². The number of carbonyl (C=O) groups excluding carboxylic acids is 1. The lowest BCUT2D eigenvalue weighted by Crippen LogP contribution is -2.24. The molecule has 9 heteroatoms. The first kappa shape index (κ1) is 21.4. The van der Waals surface area contributed by atoms with Crippen molar-refractivity contribution in [3.8, 4) is 22.5 Å². The van der Waals surface area contributed by atoms with Gasteiger partial charge < -0.3 is 5.32 Å². The minimum Gasteiger partial charge on any atom is -0.350 e. The van der Waals surface area contributed by atoms with Gasteiger partial charge in [-0.25, -0.2) is 14.8 Å². The molecule has 0 radical (unpaired) electrons. The smallest absolute Gasteiger partial charge is 0.290 e. The number of tetrazole rings is 1. The molecule has 2 N–H and O–H groups in total. The van der Waals surface area contributed by atoms with E-state index in [0.717, 1.165) is 47.5 Å². The molecule has 0 atom stereocenters. The molecule has 32 heavy (non-hydrogen) atoms. The highest BCUT2D eigenvalue weighted by Gasteiger charge is 2.16. The number of hydrogen-bond donors (Lipinski definition) is 2. The maximum atomic E-state index is 12.2. The Morgan fingerprint density at radius 2 is 1.84 bits per heavy atom. The van der Waals surface area contributed by atoms with Crippen LogP contribution in [0.3, 0.4) is 0 Å². The fraction of sp³-hybridized carbons (Fsp3) is 0.304. The van der Waals surface area contributed by atoms with Crippen molar-refractivity contribution < 1.29 is 4.79 Å². The Hall–Kier alpha value is -3.88. The van der Waals surface area contributed by atoms with E-state index < -0.39 is 0 Å². The molecule has 2 heterocycles. The molecular weight excluding hydrogens is 404 g/mol. The van der Waals surface area contributed by atoms with E-state index in [9.17, 15) is 4.79 Å². The van der Waals surface area contributed by atoms with Gasteiger partial charge in [-0.05, 0) is 40.5 Å². The van der Waals surface area contributed by atoms with Crippen molar-refractivity contribution in [3.05, 3.63) is 65.7 Å². The topological polar surface area (TPSA) is 114 Å². The number of nitrogens with zero attached hydrogens (tertiary/aromatic N) is 6. The monoisotopic (exact) mass is 430 g/mol. The lowest BCUT2D eigenvalue weighted by Gasteiger charge is -2.09. The van der Waals surface area contributed by atoms with Crippen molar-refractivity contribution in [1.82, 2.24) is 40.7 Å². The van der Waals surface area contributed by atoms with E-state index in [4.69, 9.17) is 0 Å². The molecule has 9 nitrogen and oxygen atoms in total. The number of aryl methyl sites for hydroxylation is 1. The lowest BCUT2D eigenvalue weighted by atomic mass is 9.98. The summed E-state index contributed by atoms with van der Waals surface area (Å²) in [5.74, 6) is 1.41. The molecule has 4 rings (SSSR count). The molecule has 0 aliphatic carbocycles. The van der Waals surface area contributed by atoms with Gasteiger partial charge in [-0.1, -0.05) is 61.9 Å². The van der Waals surface area contributed by atoms with E-state index in [1.54, 1.807) is 0 Å². The minimum absolute atomic E-state index is 0.226. The van der Waals surface area contributed by atoms with Crippen LogP contribution in [-0.2, 0) is 13.0 Å². The maximum Gasteiger partial charge on any atom is 0.290 e. The summed E-state index contributed by atoms with van der Waals surface area (Å²) in [5.41, 5.74) is 4.15. The summed E-state index contributed by atoms with van der Waals surface area (Å²) in [4.78, 5) is 16.7. The molecule has 2 aromatic carbocycles. The quantitative estimate of drug-likeness (QED) is 0.421. The van der Waals surface area contributed by atoms with Gasteiger partial charge in [0.05, 0.1) is 0 Å². The van der Waals surface area contributed by atoms with Crippen molar-refractivity contribution in [3.63, 3.8) is 0 Å². The molecule has 0 bridgehead atoms. The predicted molar refractivity (Wildman–Crippen MR) is 121 cm³/mol. The molecule has 2 aromatic heterocycles. The molecule has 4 aromatic rings. The van der Waals surface area contributed by atoms with Crippen LogP contribution in [-0.4, -0.2) is 47.8 Å². The molecule has 0 saturated carbocycles.